The van der Waals surface area contributed by atoms with Gasteiger partial charge in [-0.3, -0.25) is 0 Å². The summed E-state index contributed by atoms with van der Waals surface area (Å²) in [5, 5.41) is 19.0. The van der Waals surface area contributed by atoms with Crippen molar-refractivity contribution >= 4 is 34.2 Å². The topological polar surface area (TPSA) is 73.5 Å². The molecule has 4 heteroatoms. The molecule has 54 heavy (non-hydrogen) atoms. The minimum Gasteiger partial charge on any atom is -0.308 e. The molecule has 9 aromatic rings. The van der Waals surface area contributed by atoms with Crippen molar-refractivity contribution in [1.29, 1.82) is 10.8 Å². The van der Waals surface area contributed by atoms with Gasteiger partial charge in [0, 0.05) is 45.5 Å². The first-order valence-corrected chi connectivity index (χ1v) is 18.0. The van der Waals surface area contributed by atoms with E-state index in [9.17, 15) is 0 Å². The third kappa shape index (κ3) is 5.76. The van der Waals surface area contributed by atoms with E-state index in [2.05, 4.69) is 121 Å². The Morgan fingerprint density at radius 2 is 0.630 bits per heavy atom. The summed E-state index contributed by atoms with van der Waals surface area (Å²) in [4.78, 5) is 10.7. The fourth-order valence-corrected chi connectivity index (χ4v) is 7.60. The van der Waals surface area contributed by atoms with Gasteiger partial charge in [-0.2, -0.15) is 0 Å². The summed E-state index contributed by atoms with van der Waals surface area (Å²) in [5.74, 6) is 0. The molecule has 0 saturated heterocycles. The highest BCUT2D eigenvalue weighted by Crippen LogP contribution is 2.40. The van der Waals surface area contributed by atoms with Crippen molar-refractivity contribution in [2.24, 2.45) is 0 Å². The first-order valence-electron chi connectivity index (χ1n) is 18.0. The van der Waals surface area contributed by atoms with Crippen molar-refractivity contribution in [3.8, 4) is 67.0 Å². The molecule has 0 radical (unpaired) electrons. The lowest BCUT2D eigenvalue weighted by Gasteiger charge is -2.16. The second-order valence-electron chi connectivity index (χ2n) is 13.2. The fourth-order valence-electron chi connectivity index (χ4n) is 7.60. The zero-order valence-corrected chi connectivity index (χ0v) is 29.4. The lowest BCUT2D eigenvalue weighted by molar-refractivity contribution is 1.36. The molecule has 0 saturated carbocycles. The van der Waals surface area contributed by atoms with Crippen molar-refractivity contribution in [2.75, 3.05) is 0 Å². The van der Waals surface area contributed by atoms with Crippen molar-refractivity contribution in [2.45, 2.75) is 0 Å². The molecule has 4 nitrogen and oxygen atoms in total. The van der Waals surface area contributed by atoms with E-state index in [0.717, 1.165) is 100.0 Å². The number of hydrogen-bond donors (Lipinski definition) is 2. The van der Waals surface area contributed by atoms with Crippen LogP contribution in [0.2, 0.25) is 0 Å². The minimum absolute atomic E-state index is 0.829. The highest BCUT2D eigenvalue weighted by molar-refractivity contribution is 6.06. The maximum atomic E-state index is 8.47. The molecular formula is C50H34N4. The average Bonchev–Trinajstić information content (AvgIpc) is 3.26. The zero-order valence-electron chi connectivity index (χ0n) is 29.4. The van der Waals surface area contributed by atoms with Crippen LogP contribution in [0.15, 0.2) is 182 Å². The molecule has 0 fully saturated rings. The van der Waals surface area contributed by atoms with Crippen molar-refractivity contribution < 1.29 is 0 Å². The molecule has 0 aliphatic carbocycles. The summed E-state index contributed by atoms with van der Waals surface area (Å²) >= 11 is 0. The highest BCUT2D eigenvalue weighted by atomic mass is 14.8. The van der Waals surface area contributed by atoms with E-state index in [1.54, 1.807) is 0 Å². The Bertz CT molecular complexity index is 2660. The lowest BCUT2D eigenvalue weighted by atomic mass is 9.89. The van der Waals surface area contributed by atoms with Crippen LogP contribution in [-0.2, 0) is 0 Å². The molecule has 0 amide bonds. The molecule has 0 unspecified atom stereocenters. The van der Waals surface area contributed by atoms with E-state index in [0.29, 0.717) is 0 Å². The number of rotatable bonds is 8. The number of aromatic nitrogens is 2. The van der Waals surface area contributed by atoms with Gasteiger partial charge in [-0.05, 0) is 56.6 Å². The van der Waals surface area contributed by atoms with E-state index in [4.69, 9.17) is 20.8 Å². The fraction of sp³-hybridized carbons (Fsp3) is 0. The van der Waals surface area contributed by atoms with Gasteiger partial charge in [0.2, 0.25) is 0 Å². The molecule has 0 aliphatic rings. The predicted molar refractivity (Wildman–Crippen MR) is 225 cm³/mol. The Kier molecular flexibility index (Phi) is 8.46. The molecule has 2 heterocycles. The second-order valence-corrected chi connectivity index (χ2v) is 13.2. The molecule has 0 aliphatic heterocycles. The third-order valence-electron chi connectivity index (χ3n) is 10.2. The predicted octanol–water partition coefficient (Wildman–Crippen LogP) is 12.8. The van der Waals surface area contributed by atoms with Crippen LogP contribution in [0.25, 0.3) is 88.8 Å². The highest BCUT2D eigenvalue weighted by Gasteiger charge is 2.18. The molecule has 0 bridgehead atoms. The van der Waals surface area contributed by atoms with Crippen LogP contribution in [0.4, 0.5) is 0 Å². The van der Waals surface area contributed by atoms with Crippen LogP contribution < -0.4 is 0 Å². The van der Waals surface area contributed by atoms with E-state index in [1.165, 1.54) is 12.4 Å². The quantitative estimate of drug-likeness (QED) is 0.123. The normalized spacial score (nSPS) is 11.1. The maximum absolute atomic E-state index is 8.47. The van der Waals surface area contributed by atoms with Crippen molar-refractivity contribution in [3.05, 3.63) is 193 Å². The van der Waals surface area contributed by atoms with Crippen LogP contribution in [0.1, 0.15) is 11.1 Å². The number of nitrogens with one attached hydrogen (secondary N) is 2. The molecule has 2 N–H and O–H groups in total. The Balaban J connectivity index is 1.19. The van der Waals surface area contributed by atoms with Gasteiger partial charge >= 0.3 is 0 Å². The van der Waals surface area contributed by atoms with Gasteiger partial charge in [0.1, 0.15) is 0 Å². The summed E-state index contributed by atoms with van der Waals surface area (Å²) in [6.07, 6.45) is 2.92. The molecule has 0 spiro atoms. The minimum atomic E-state index is 0.829. The van der Waals surface area contributed by atoms with Gasteiger partial charge in [-0.1, -0.05) is 170 Å². The van der Waals surface area contributed by atoms with Gasteiger partial charge in [-0.25, -0.2) is 9.97 Å². The van der Waals surface area contributed by atoms with E-state index in [-0.39, 0.29) is 0 Å². The average molecular weight is 691 g/mol. The van der Waals surface area contributed by atoms with E-state index < -0.39 is 0 Å². The maximum Gasteiger partial charge on any atom is 0.0972 e. The molecule has 2 aromatic heterocycles. The summed E-state index contributed by atoms with van der Waals surface area (Å²) in [6, 6.07) is 62.2. The molecule has 9 rings (SSSR count). The summed E-state index contributed by atoms with van der Waals surface area (Å²) < 4.78 is 0. The Labute approximate surface area is 314 Å². The van der Waals surface area contributed by atoms with Crippen LogP contribution in [0.5, 0.6) is 0 Å². The molecule has 254 valence electrons. The van der Waals surface area contributed by atoms with Gasteiger partial charge in [0.25, 0.3) is 0 Å². The lowest BCUT2D eigenvalue weighted by Crippen LogP contribution is -1.96. The monoisotopic (exact) mass is 690 g/mol. The van der Waals surface area contributed by atoms with Gasteiger partial charge in [0.15, 0.2) is 0 Å². The first kappa shape index (κ1) is 32.6. The number of benzene rings is 7. The Hall–Kier alpha value is -7.30. The van der Waals surface area contributed by atoms with Crippen molar-refractivity contribution in [3.63, 3.8) is 0 Å². The number of hydrogen-bond acceptors (Lipinski definition) is 4. The largest absolute Gasteiger partial charge is 0.308 e. The number of nitrogens with zero attached hydrogens (tertiary/aromatic N) is 2. The number of fused-ring (bicyclic) bond motifs is 3. The third-order valence-corrected chi connectivity index (χ3v) is 10.2. The van der Waals surface area contributed by atoms with E-state index >= 15 is 0 Å². The molecular weight excluding hydrogens is 657 g/mol. The molecule has 7 aromatic carbocycles. The first-order chi connectivity index (χ1) is 26.7. The molecule has 0 atom stereocenters. The van der Waals surface area contributed by atoms with Crippen LogP contribution in [0.3, 0.4) is 0 Å². The van der Waals surface area contributed by atoms with E-state index in [1.807, 2.05) is 60.7 Å². The van der Waals surface area contributed by atoms with Crippen LogP contribution >= 0.6 is 0 Å². The Morgan fingerprint density at radius 3 is 1.04 bits per heavy atom. The van der Waals surface area contributed by atoms with Crippen LogP contribution in [-0.4, -0.2) is 22.4 Å². The summed E-state index contributed by atoms with van der Waals surface area (Å²) in [6.45, 7) is 0. The summed E-state index contributed by atoms with van der Waals surface area (Å²) in [5.41, 5.74) is 15.3. The smallest absolute Gasteiger partial charge is 0.0972 e. The second kappa shape index (κ2) is 14.0. The standard InChI is InChI=1S/C50H34N4/c51-31-45-37(33-13-3-1-4-14-33)21-11-23-41(45)39-17-7-9-19-43(39)47-29-27-35-25-26-36-28-30-48(54-50(36)49(35)53-47)44-20-10-8-18-40(44)42-24-12-22-38(46(42)32-52)34-15-5-2-6-16-34/h1-32,51-52H. The van der Waals surface area contributed by atoms with Gasteiger partial charge in [-0.15, -0.1) is 0 Å². The zero-order chi connectivity index (χ0) is 36.4. The van der Waals surface area contributed by atoms with Gasteiger partial charge in [0.05, 0.1) is 22.4 Å². The van der Waals surface area contributed by atoms with Crippen LogP contribution in [0, 0.1) is 10.8 Å². The number of pyridine rings is 2. The van der Waals surface area contributed by atoms with Crippen molar-refractivity contribution in [1.82, 2.24) is 9.97 Å². The Morgan fingerprint density at radius 1 is 0.296 bits per heavy atom. The van der Waals surface area contributed by atoms with Gasteiger partial charge < -0.3 is 10.8 Å². The SMILES string of the molecule is N=Cc1c(-c2ccccc2)cccc1-c1ccccc1-c1ccc2ccc3ccc(-c4ccccc4-c4cccc(-c5ccccc5)c4C=N)nc3c2n1. The summed E-state index contributed by atoms with van der Waals surface area (Å²) in [7, 11) is 0.